The van der Waals surface area contributed by atoms with Crippen LogP contribution in [-0.4, -0.2) is 47.6 Å². The molecule has 132 valence electrons. The fourth-order valence-electron chi connectivity index (χ4n) is 3.01. The van der Waals surface area contributed by atoms with Gasteiger partial charge in [-0.3, -0.25) is 19.7 Å². The van der Waals surface area contributed by atoms with Gasteiger partial charge in [0.15, 0.2) is 5.78 Å². The van der Waals surface area contributed by atoms with Crippen LogP contribution in [0.1, 0.15) is 43.0 Å². The Morgan fingerprint density at radius 3 is 2.48 bits per heavy atom. The van der Waals surface area contributed by atoms with Gasteiger partial charge in [-0.25, -0.2) is 4.99 Å². The Bertz CT molecular complexity index is 706. The number of rotatable bonds is 3. The van der Waals surface area contributed by atoms with E-state index in [0.717, 1.165) is 25.9 Å². The van der Waals surface area contributed by atoms with E-state index in [0.29, 0.717) is 17.2 Å². The number of aliphatic imine (C=N–C) groups is 1. The number of Topliss-reactive ketones (excluding diaryl/α,β-unsaturated/α-hetero) is 1. The number of nitrogens with one attached hydrogen (secondary N) is 2. The average molecular weight is 342 g/mol. The molecule has 2 aliphatic rings. The highest BCUT2D eigenvalue weighted by atomic mass is 16.2. The lowest BCUT2D eigenvalue weighted by atomic mass is 10.1. The number of amides is 2. The highest BCUT2D eigenvalue weighted by Gasteiger charge is 2.29. The van der Waals surface area contributed by atoms with Crippen LogP contribution in [0.4, 0.5) is 5.69 Å². The quantitative estimate of drug-likeness (QED) is 0.816. The van der Waals surface area contributed by atoms with E-state index in [4.69, 9.17) is 0 Å². The average Bonchev–Trinajstić information content (AvgIpc) is 2.62. The molecule has 2 aliphatic heterocycles. The highest BCUT2D eigenvalue weighted by molar-refractivity contribution is 6.06. The molecule has 1 atom stereocenters. The Kier molecular flexibility index (Phi) is 5.11. The number of hydrogen-bond donors (Lipinski definition) is 2. The van der Waals surface area contributed by atoms with Crippen molar-refractivity contribution < 1.29 is 14.4 Å². The molecule has 0 bridgehead atoms. The molecule has 0 aromatic heterocycles. The maximum atomic E-state index is 12.5. The van der Waals surface area contributed by atoms with Crippen LogP contribution in [0.15, 0.2) is 29.3 Å². The van der Waals surface area contributed by atoms with Crippen LogP contribution in [0.25, 0.3) is 0 Å². The molecule has 0 unspecified atom stereocenters. The van der Waals surface area contributed by atoms with E-state index in [1.165, 1.54) is 13.3 Å². The lowest BCUT2D eigenvalue weighted by Gasteiger charge is -2.32. The highest BCUT2D eigenvalue weighted by Crippen LogP contribution is 2.15. The maximum absolute atomic E-state index is 12.5. The SMILES string of the molecule is CC(=O)c1ccc(NC(=O)[C@@H]2CC(=O)NC(N3CCCCC3)=N2)cc1. The van der Waals surface area contributed by atoms with Crippen LogP contribution in [0, 0.1) is 0 Å². The molecule has 1 fully saturated rings. The molecule has 0 spiro atoms. The number of guanidine groups is 1. The topological polar surface area (TPSA) is 90.9 Å². The summed E-state index contributed by atoms with van der Waals surface area (Å²) in [5, 5.41) is 5.54. The fourth-order valence-corrected chi connectivity index (χ4v) is 3.01. The fraction of sp³-hybridized carbons (Fsp3) is 0.444. The summed E-state index contributed by atoms with van der Waals surface area (Å²) < 4.78 is 0. The van der Waals surface area contributed by atoms with Gasteiger partial charge in [-0.15, -0.1) is 0 Å². The van der Waals surface area contributed by atoms with Crippen molar-refractivity contribution in [3.05, 3.63) is 29.8 Å². The van der Waals surface area contributed by atoms with Gasteiger partial charge in [-0.1, -0.05) is 0 Å². The third kappa shape index (κ3) is 4.23. The summed E-state index contributed by atoms with van der Waals surface area (Å²) in [5.74, 6) is -0.0387. The molecule has 1 aromatic rings. The number of likely N-dealkylation sites (tertiary alicyclic amines) is 1. The molecule has 7 nitrogen and oxygen atoms in total. The monoisotopic (exact) mass is 342 g/mol. The van der Waals surface area contributed by atoms with E-state index in [1.54, 1.807) is 24.3 Å². The third-order valence-corrected chi connectivity index (χ3v) is 4.43. The van der Waals surface area contributed by atoms with Gasteiger partial charge in [0.1, 0.15) is 6.04 Å². The molecular formula is C18H22N4O3. The zero-order valence-corrected chi connectivity index (χ0v) is 14.2. The van der Waals surface area contributed by atoms with Gasteiger partial charge >= 0.3 is 0 Å². The summed E-state index contributed by atoms with van der Waals surface area (Å²) in [6.45, 7) is 3.19. The van der Waals surface area contributed by atoms with E-state index in [1.807, 2.05) is 4.90 Å². The van der Waals surface area contributed by atoms with E-state index in [9.17, 15) is 14.4 Å². The predicted molar refractivity (Wildman–Crippen MR) is 94.5 cm³/mol. The lowest BCUT2D eigenvalue weighted by molar-refractivity contribution is -0.125. The number of benzene rings is 1. The molecule has 0 radical (unpaired) electrons. The number of nitrogens with zero attached hydrogens (tertiary/aromatic N) is 2. The van der Waals surface area contributed by atoms with E-state index in [-0.39, 0.29) is 24.0 Å². The van der Waals surface area contributed by atoms with Crippen molar-refractivity contribution in [1.82, 2.24) is 10.2 Å². The molecule has 1 saturated heterocycles. The van der Waals surface area contributed by atoms with Crippen molar-refractivity contribution in [3.63, 3.8) is 0 Å². The minimum absolute atomic E-state index is 0.0300. The summed E-state index contributed by atoms with van der Waals surface area (Å²) in [7, 11) is 0. The first-order valence-corrected chi connectivity index (χ1v) is 8.57. The Morgan fingerprint density at radius 1 is 1.16 bits per heavy atom. The first kappa shape index (κ1) is 17.1. The minimum Gasteiger partial charge on any atom is -0.343 e. The summed E-state index contributed by atoms with van der Waals surface area (Å²) in [5.41, 5.74) is 1.16. The number of hydrogen-bond acceptors (Lipinski definition) is 5. The second-order valence-electron chi connectivity index (χ2n) is 6.39. The Hall–Kier alpha value is -2.70. The maximum Gasteiger partial charge on any atom is 0.249 e. The molecule has 0 saturated carbocycles. The van der Waals surface area contributed by atoms with Gasteiger partial charge in [-0.05, 0) is 50.5 Å². The number of carbonyl (C=O) groups is 3. The Labute approximate surface area is 146 Å². The summed E-state index contributed by atoms with van der Waals surface area (Å²) in [6.07, 6.45) is 3.34. The zero-order valence-electron chi connectivity index (χ0n) is 14.2. The molecule has 2 N–H and O–H groups in total. The second-order valence-corrected chi connectivity index (χ2v) is 6.39. The van der Waals surface area contributed by atoms with Gasteiger partial charge < -0.3 is 10.2 Å². The van der Waals surface area contributed by atoms with Crippen molar-refractivity contribution in [2.45, 2.75) is 38.6 Å². The minimum atomic E-state index is -0.738. The van der Waals surface area contributed by atoms with E-state index in [2.05, 4.69) is 15.6 Å². The standard InChI is InChI=1S/C18H22N4O3/c1-12(23)13-5-7-14(8-6-13)19-17(25)15-11-16(24)21-18(20-15)22-9-3-2-4-10-22/h5-8,15H,2-4,9-11H2,1H3,(H,19,25)(H,20,21,24)/t15-/m0/s1. The van der Waals surface area contributed by atoms with Gasteiger partial charge in [-0.2, -0.15) is 0 Å². The molecule has 3 rings (SSSR count). The van der Waals surface area contributed by atoms with Gasteiger partial charge in [0.2, 0.25) is 17.8 Å². The summed E-state index contributed by atoms with van der Waals surface area (Å²) in [6, 6.07) is 5.93. The molecule has 2 heterocycles. The first-order valence-electron chi connectivity index (χ1n) is 8.57. The summed E-state index contributed by atoms with van der Waals surface area (Å²) in [4.78, 5) is 42.2. The second kappa shape index (κ2) is 7.46. The molecule has 2 amide bonds. The normalized spacial score (nSPS) is 20.5. The predicted octanol–water partition coefficient (Wildman–Crippen LogP) is 1.56. The largest absolute Gasteiger partial charge is 0.343 e. The molecule has 1 aromatic carbocycles. The molecule has 25 heavy (non-hydrogen) atoms. The number of ketones is 1. The van der Waals surface area contributed by atoms with Crippen LogP contribution in [0.3, 0.4) is 0 Å². The summed E-state index contributed by atoms with van der Waals surface area (Å²) >= 11 is 0. The Morgan fingerprint density at radius 2 is 1.84 bits per heavy atom. The zero-order chi connectivity index (χ0) is 17.8. The Balaban J connectivity index is 1.69. The third-order valence-electron chi connectivity index (χ3n) is 4.43. The van der Waals surface area contributed by atoms with Crippen molar-refractivity contribution in [2.24, 2.45) is 4.99 Å². The van der Waals surface area contributed by atoms with Crippen LogP contribution in [-0.2, 0) is 9.59 Å². The van der Waals surface area contributed by atoms with Crippen molar-refractivity contribution >= 4 is 29.2 Å². The van der Waals surface area contributed by atoms with Crippen molar-refractivity contribution in [2.75, 3.05) is 18.4 Å². The number of anilines is 1. The van der Waals surface area contributed by atoms with Gasteiger partial charge in [0.25, 0.3) is 0 Å². The molecular weight excluding hydrogens is 320 g/mol. The van der Waals surface area contributed by atoms with E-state index < -0.39 is 6.04 Å². The smallest absolute Gasteiger partial charge is 0.249 e. The number of piperidine rings is 1. The first-order chi connectivity index (χ1) is 12.0. The lowest BCUT2D eigenvalue weighted by Crippen LogP contribution is -2.51. The molecule has 0 aliphatic carbocycles. The molecule has 7 heteroatoms. The van der Waals surface area contributed by atoms with Crippen LogP contribution in [0.5, 0.6) is 0 Å². The van der Waals surface area contributed by atoms with Gasteiger partial charge in [0.05, 0.1) is 6.42 Å². The number of carbonyl (C=O) groups excluding carboxylic acids is 3. The van der Waals surface area contributed by atoms with E-state index >= 15 is 0 Å². The van der Waals surface area contributed by atoms with Crippen molar-refractivity contribution in [1.29, 1.82) is 0 Å². The van der Waals surface area contributed by atoms with Crippen LogP contribution < -0.4 is 10.6 Å². The van der Waals surface area contributed by atoms with Crippen LogP contribution >= 0.6 is 0 Å². The van der Waals surface area contributed by atoms with Gasteiger partial charge in [0, 0.05) is 24.3 Å². The van der Waals surface area contributed by atoms with Crippen LogP contribution in [0.2, 0.25) is 0 Å². The van der Waals surface area contributed by atoms with Crippen molar-refractivity contribution in [3.8, 4) is 0 Å².